The van der Waals surface area contributed by atoms with Gasteiger partial charge >= 0.3 is 0 Å². The molecule has 0 amide bonds. The first-order valence-electron chi connectivity index (χ1n) is 6.50. The van der Waals surface area contributed by atoms with Gasteiger partial charge in [0, 0.05) is 23.8 Å². The normalized spacial score (nSPS) is 13.7. The Hall–Kier alpha value is -2.18. The summed E-state index contributed by atoms with van der Waals surface area (Å²) < 4.78 is 0. The van der Waals surface area contributed by atoms with Gasteiger partial charge in [0.1, 0.15) is 6.07 Å². The van der Waals surface area contributed by atoms with Crippen LogP contribution in [0, 0.1) is 11.3 Å². The second-order valence-corrected chi connectivity index (χ2v) is 5.37. The van der Waals surface area contributed by atoms with E-state index in [1.807, 2.05) is 24.3 Å². The molecule has 0 saturated carbocycles. The van der Waals surface area contributed by atoms with E-state index >= 15 is 0 Å². The van der Waals surface area contributed by atoms with Crippen LogP contribution in [0.1, 0.15) is 16.7 Å². The molecule has 0 aliphatic carbocycles. The lowest BCUT2D eigenvalue weighted by atomic mass is 9.97. The first kappa shape index (κ1) is 12.8. The van der Waals surface area contributed by atoms with E-state index in [2.05, 4.69) is 17.0 Å². The highest BCUT2D eigenvalue weighted by Crippen LogP contribution is 2.30. The second kappa shape index (κ2) is 5.07. The second-order valence-electron chi connectivity index (χ2n) is 4.93. The Balaban J connectivity index is 1.99. The lowest BCUT2D eigenvalue weighted by molar-refractivity contribution is 0.733. The molecule has 0 spiro atoms. The zero-order valence-corrected chi connectivity index (χ0v) is 11.7. The van der Waals surface area contributed by atoms with Gasteiger partial charge in [-0.3, -0.25) is 0 Å². The number of fused-ring (bicyclic) bond motifs is 1. The van der Waals surface area contributed by atoms with Crippen molar-refractivity contribution in [2.75, 3.05) is 17.2 Å². The summed E-state index contributed by atoms with van der Waals surface area (Å²) >= 11 is 5.95. The number of benzene rings is 2. The third kappa shape index (κ3) is 2.19. The molecule has 1 heterocycles. The maximum Gasteiger partial charge on any atom is 0.101 e. The van der Waals surface area contributed by atoms with Crippen LogP contribution in [-0.2, 0) is 13.0 Å². The molecule has 0 aromatic heterocycles. The number of anilines is 2. The smallest absolute Gasteiger partial charge is 0.101 e. The van der Waals surface area contributed by atoms with Crippen LogP contribution in [0.25, 0.3) is 0 Å². The molecule has 0 fully saturated rings. The molecule has 0 bridgehead atoms. The minimum Gasteiger partial charge on any atom is -0.398 e. The molecule has 0 atom stereocenters. The summed E-state index contributed by atoms with van der Waals surface area (Å²) in [5.74, 6) is 0. The first-order chi connectivity index (χ1) is 9.69. The van der Waals surface area contributed by atoms with Crippen LogP contribution in [0.2, 0.25) is 5.02 Å². The number of nitrogens with two attached hydrogens (primary N) is 1. The number of nitriles is 1. The van der Waals surface area contributed by atoms with Crippen LogP contribution in [0.5, 0.6) is 0 Å². The van der Waals surface area contributed by atoms with Crippen LogP contribution in [0.15, 0.2) is 36.4 Å². The predicted molar refractivity (Wildman–Crippen MR) is 81.8 cm³/mol. The summed E-state index contributed by atoms with van der Waals surface area (Å²) in [7, 11) is 0. The molecule has 1 aliphatic rings. The van der Waals surface area contributed by atoms with Gasteiger partial charge in [-0.15, -0.1) is 0 Å². The fraction of sp³-hybridized carbons (Fsp3) is 0.188. The van der Waals surface area contributed by atoms with Gasteiger partial charge in [-0.1, -0.05) is 23.7 Å². The van der Waals surface area contributed by atoms with Crippen LogP contribution < -0.4 is 10.6 Å². The maximum atomic E-state index is 9.26. The standard InChI is InChI=1S/C16H14ClN3/c17-13-4-5-16(12(8-13)9-18)20-7-6-11-2-1-3-15(19)14(11)10-20/h1-5,8H,6-7,10,19H2. The zero-order valence-electron chi connectivity index (χ0n) is 10.9. The number of nitrogen functional groups attached to an aromatic ring is 1. The van der Waals surface area contributed by atoms with Gasteiger partial charge in [0.15, 0.2) is 0 Å². The van der Waals surface area contributed by atoms with E-state index in [1.165, 1.54) is 5.56 Å². The zero-order chi connectivity index (χ0) is 14.1. The lowest BCUT2D eigenvalue weighted by Crippen LogP contribution is -2.31. The Morgan fingerprint density at radius 3 is 2.90 bits per heavy atom. The molecule has 20 heavy (non-hydrogen) atoms. The van der Waals surface area contributed by atoms with Gasteiger partial charge < -0.3 is 10.6 Å². The van der Waals surface area contributed by atoms with E-state index < -0.39 is 0 Å². The molecular weight excluding hydrogens is 270 g/mol. The minimum absolute atomic E-state index is 0.585. The molecular formula is C16H14ClN3. The number of hydrogen-bond donors (Lipinski definition) is 1. The minimum atomic E-state index is 0.585. The fourth-order valence-electron chi connectivity index (χ4n) is 2.69. The highest BCUT2D eigenvalue weighted by atomic mass is 35.5. The Morgan fingerprint density at radius 1 is 1.25 bits per heavy atom. The van der Waals surface area contributed by atoms with Gasteiger partial charge in [0.2, 0.25) is 0 Å². The number of halogens is 1. The molecule has 0 radical (unpaired) electrons. The Kier molecular flexibility index (Phi) is 3.25. The first-order valence-corrected chi connectivity index (χ1v) is 6.87. The number of hydrogen-bond acceptors (Lipinski definition) is 3. The molecule has 2 aromatic carbocycles. The van der Waals surface area contributed by atoms with Crippen LogP contribution in [-0.4, -0.2) is 6.54 Å². The third-order valence-electron chi connectivity index (χ3n) is 3.73. The highest BCUT2D eigenvalue weighted by molar-refractivity contribution is 6.30. The van der Waals surface area contributed by atoms with E-state index in [9.17, 15) is 5.26 Å². The summed E-state index contributed by atoms with van der Waals surface area (Å²) in [4.78, 5) is 2.19. The van der Waals surface area contributed by atoms with Crippen molar-refractivity contribution in [3.8, 4) is 6.07 Å². The summed E-state index contributed by atoms with van der Waals surface area (Å²) in [5, 5.41) is 9.85. The molecule has 0 saturated heterocycles. The van der Waals surface area contributed by atoms with Crippen molar-refractivity contribution in [3.05, 3.63) is 58.1 Å². The van der Waals surface area contributed by atoms with Crippen molar-refractivity contribution in [1.82, 2.24) is 0 Å². The maximum absolute atomic E-state index is 9.26. The van der Waals surface area contributed by atoms with Gasteiger partial charge in [-0.25, -0.2) is 0 Å². The Labute approximate surface area is 123 Å². The lowest BCUT2D eigenvalue weighted by Gasteiger charge is -2.32. The van der Waals surface area contributed by atoms with Crippen molar-refractivity contribution < 1.29 is 0 Å². The molecule has 2 N–H and O–H groups in total. The third-order valence-corrected chi connectivity index (χ3v) is 3.96. The van der Waals surface area contributed by atoms with E-state index in [0.29, 0.717) is 10.6 Å². The average Bonchev–Trinajstić information content (AvgIpc) is 2.47. The summed E-state index contributed by atoms with van der Waals surface area (Å²) in [6.45, 7) is 1.62. The summed E-state index contributed by atoms with van der Waals surface area (Å²) in [5.41, 5.74) is 10.9. The van der Waals surface area contributed by atoms with Crippen molar-refractivity contribution in [2.45, 2.75) is 13.0 Å². The predicted octanol–water partition coefficient (Wildman–Crippen LogP) is 3.36. The number of rotatable bonds is 1. The van der Waals surface area contributed by atoms with Gasteiger partial charge in [0.05, 0.1) is 11.3 Å². The molecule has 1 aliphatic heterocycles. The largest absolute Gasteiger partial charge is 0.398 e. The topological polar surface area (TPSA) is 53.0 Å². The molecule has 0 unspecified atom stereocenters. The quantitative estimate of drug-likeness (QED) is 0.817. The van der Waals surface area contributed by atoms with E-state index in [-0.39, 0.29) is 0 Å². The van der Waals surface area contributed by atoms with E-state index in [1.54, 1.807) is 6.07 Å². The van der Waals surface area contributed by atoms with Gasteiger partial charge in [-0.2, -0.15) is 5.26 Å². The Morgan fingerprint density at radius 2 is 2.10 bits per heavy atom. The highest BCUT2D eigenvalue weighted by Gasteiger charge is 2.20. The fourth-order valence-corrected chi connectivity index (χ4v) is 2.86. The Bertz CT molecular complexity index is 703. The summed E-state index contributed by atoms with van der Waals surface area (Å²) in [6.07, 6.45) is 0.938. The molecule has 4 heteroatoms. The molecule has 3 rings (SSSR count). The van der Waals surface area contributed by atoms with Crippen molar-refractivity contribution in [1.29, 1.82) is 5.26 Å². The number of nitrogens with zero attached hydrogens (tertiary/aromatic N) is 2. The monoisotopic (exact) mass is 283 g/mol. The van der Waals surface area contributed by atoms with Crippen LogP contribution in [0.4, 0.5) is 11.4 Å². The SMILES string of the molecule is N#Cc1cc(Cl)ccc1N1CCc2cccc(N)c2C1. The van der Waals surface area contributed by atoms with Crippen LogP contribution >= 0.6 is 11.6 Å². The van der Waals surface area contributed by atoms with Crippen LogP contribution in [0.3, 0.4) is 0 Å². The summed E-state index contributed by atoms with van der Waals surface area (Å²) in [6, 6.07) is 13.7. The van der Waals surface area contributed by atoms with E-state index in [0.717, 1.165) is 36.4 Å². The van der Waals surface area contributed by atoms with Crippen molar-refractivity contribution in [2.24, 2.45) is 0 Å². The van der Waals surface area contributed by atoms with E-state index in [4.69, 9.17) is 17.3 Å². The van der Waals surface area contributed by atoms with Gasteiger partial charge in [0.25, 0.3) is 0 Å². The van der Waals surface area contributed by atoms with Crippen molar-refractivity contribution >= 4 is 23.0 Å². The average molecular weight is 284 g/mol. The molecule has 3 nitrogen and oxygen atoms in total. The van der Waals surface area contributed by atoms with Crippen molar-refractivity contribution in [3.63, 3.8) is 0 Å². The molecule has 100 valence electrons. The molecule has 2 aromatic rings. The van der Waals surface area contributed by atoms with Gasteiger partial charge in [-0.05, 0) is 41.8 Å².